The number of carbonyl (C=O) groups is 1. The van der Waals surface area contributed by atoms with Crippen molar-refractivity contribution < 1.29 is 4.79 Å². The van der Waals surface area contributed by atoms with Gasteiger partial charge < -0.3 is 5.73 Å². The second kappa shape index (κ2) is 4.31. The standard InChI is InChI=1S/C13H14N2O/c1-9-7-12-10(5-6-13(14)16)3-2-4-11(12)8-15-9/h2-4,7-8H,5-6H2,1H3,(H2,14,16). The summed E-state index contributed by atoms with van der Waals surface area (Å²) in [6.45, 7) is 1.96. The number of pyridine rings is 1. The Kier molecular flexibility index (Phi) is 2.86. The van der Waals surface area contributed by atoms with Crippen LogP contribution in [0, 0.1) is 6.92 Å². The Morgan fingerprint density at radius 3 is 3.00 bits per heavy atom. The monoisotopic (exact) mass is 214 g/mol. The van der Waals surface area contributed by atoms with Gasteiger partial charge in [-0.3, -0.25) is 9.78 Å². The summed E-state index contributed by atoms with van der Waals surface area (Å²) < 4.78 is 0. The van der Waals surface area contributed by atoms with Crippen LogP contribution in [0.25, 0.3) is 10.8 Å². The molecule has 0 saturated heterocycles. The lowest BCUT2D eigenvalue weighted by molar-refractivity contribution is -0.117. The van der Waals surface area contributed by atoms with Crippen molar-refractivity contribution in [3.63, 3.8) is 0 Å². The van der Waals surface area contributed by atoms with Crippen LogP contribution in [-0.4, -0.2) is 10.9 Å². The highest BCUT2D eigenvalue weighted by Crippen LogP contribution is 2.19. The van der Waals surface area contributed by atoms with Crippen LogP contribution in [-0.2, 0) is 11.2 Å². The summed E-state index contributed by atoms with van der Waals surface area (Å²) in [4.78, 5) is 15.0. The molecule has 1 aromatic heterocycles. The summed E-state index contributed by atoms with van der Waals surface area (Å²) in [6, 6.07) is 8.08. The van der Waals surface area contributed by atoms with E-state index in [2.05, 4.69) is 4.98 Å². The van der Waals surface area contributed by atoms with Gasteiger partial charge in [0.2, 0.25) is 5.91 Å². The number of nitrogens with zero attached hydrogens (tertiary/aromatic N) is 1. The Bertz CT molecular complexity index is 534. The Morgan fingerprint density at radius 1 is 1.44 bits per heavy atom. The van der Waals surface area contributed by atoms with Crippen LogP contribution in [0.3, 0.4) is 0 Å². The number of primary amides is 1. The summed E-state index contributed by atoms with van der Waals surface area (Å²) in [5.41, 5.74) is 7.30. The molecule has 1 amide bonds. The average molecular weight is 214 g/mol. The second-order valence-corrected chi connectivity index (χ2v) is 3.93. The minimum Gasteiger partial charge on any atom is -0.370 e. The zero-order chi connectivity index (χ0) is 11.5. The van der Waals surface area contributed by atoms with Crippen molar-refractivity contribution in [2.45, 2.75) is 19.8 Å². The van der Waals surface area contributed by atoms with Crippen LogP contribution < -0.4 is 5.73 Å². The van der Waals surface area contributed by atoms with Crippen LogP contribution in [0.5, 0.6) is 0 Å². The first-order chi connectivity index (χ1) is 7.66. The van der Waals surface area contributed by atoms with Crippen molar-refractivity contribution in [2.24, 2.45) is 5.73 Å². The molecule has 1 heterocycles. The largest absolute Gasteiger partial charge is 0.370 e. The van der Waals surface area contributed by atoms with Crippen molar-refractivity contribution in [2.75, 3.05) is 0 Å². The zero-order valence-corrected chi connectivity index (χ0v) is 9.23. The smallest absolute Gasteiger partial charge is 0.217 e. The predicted octanol–water partition coefficient (Wildman–Crippen LogP) is 1.96. The third kappa shape index (κ3) is 2.19. The molecule has 82 valence electrons. The lowest BCUT2D eigenvalue weighted by Gasteiger charge is -2.05. The molecule has 0 bridgehead atoms. The van der Waals surface area contributed by atoms with Crippen LogP contribution in [0.2, 0.25) is 0 Å². The van der Waals surface area contributed by atoms with Crippen LogP contribution in [0.1, 0.15) is 17.7 Å². The summed E-state index contributed by atoms with van der Waals surface area (Å²) in [7, 11) is 0. The molecule has 1 aromatic carbocycles. The SMILES string of the molecule is Cc1cc2c(CCC(N)=O)cccc2cn1. The van der Waals surface area contributed by atoms with E-state index in [1.54, 1.807) is 0 Å². The van der Waals surface area contributed by atoms with Crippen molar-refractivity contribution in [1.82, 2.24) is 4.98 Å². The third-order valence-electron chi connectivity index (χ3n) is 2.63. The molecule has 2 rings (SSSR count). The van der Waals surface area contributed by atoms with Gasteiger partial charge in [0.15, 0.2) is 0 Å². The van der Waals surface area contributed by atoms with Crippen LogP contribution in [0.15, 0.2) is 30.5 Å². The summed E-state index contributed by atoms with van der Waals surface area (Å²) in [5.74, 6) is -0.261. The zero-order valence-electron chi connectivity index (χ0n) is 9.23. The molecule has 0 aliphatic rings. The molecule has 0 aliphatic heterocycles. The third-order valence-corrected chi connectivity index (χ3v) is 2.63. The van der Waals surface area contributed by atoms with Crippen molar-refractivity contribution in [3.8, 4) is 0 Å². The van der Waals surface area contributed by atoms with Gasteiger partial charge in [0, 0.05) is 23.7 Å². The molecule has 0 saturated carbocycles. The van der Waals surface area contributed by atoms with Gasteiger partial charge in [0.05, 0.1) is 0 Å². The molecule has 16 heavy (non-hydrogen) atoms. The maximum Gasteiger partial charge on any atom is 0.217 e. The molecule has 0 aliphatic carbocycles. The van der Waals surface area contributed by atoms with Gasteiger partial charge >= 0.3 is 0 Å². The van der Waals surface area contributed by atoms with E-state index in [-0.39, 0.29) is 5.91 Å². The highest BCUT2D eigenvalue weighted by Gasteiger charge is 2.03. The maximum atomic E-state index is 10.8. The number of carbonyl (C=O) groups excluding carboxylic acids is 1. The fourth-order valence-electron chi connectivity index (χ4n) is 1.81. The number of rotatable bonds is 3. The van der Waals surface area contributed by atoms with E-state index >= 15 is 0 Å². The van der Waals surface area contributed by atoms with E-state index in [1.807, 2.05) is 37.4 Å². The molecular formula is C13H14N2O. The van der Waals surface area contributed by atoms with Gasteiger partial charge in [-0.1, -0.05) is 18.2 Å². The van der Waals surface area contributed by atoms with E-state index < -0.39 is 0 Å². The molecule has 0 unspecified atom stereocenters. The minimum absolute atomic E-state index is 0.261. The van der Waals surface area contributed by atoms with Gasteiger partial charge in [-0.25, -0.2) is 0 Å². The lowest BCUT2D eigenvalue weighted by Crippen LogP contribution is -2.11. The predicted molar refractivity (Wildman–Crippen MR) is 64.0 cm³/mol. The molecule has 2 aromatic rings. The normalized spacial score (nSPS) is 10.6. The van der Waals surface area contributed by atoms with E-state index in [1.165, 1.54) is 0 Å². The first kappa shape index (κ1) is 10.6. The number of nitrogens with two attached hydrogens (primary N) is 1. The summed E-state index contributed by atoms with van der Waals surface area (Å²) in [6.07, 6.45) is 2.94. The summed E-state index contributed by atoms with van der Waals surface area (Å²) in [5, 5.41) is 2.27. The molecule has 3 heteroatoms. The molecule has 2 N–H and O–H groups in total. The molecule has 0 atom stereocenters. The van der Waals surface area contributed by atoms with Gasteiger partial charge in [-0.2, -0.15) is 0 Å². The van der Waals surface area contributed by atoms with Crippen molar-refractivity contribution in [1.29, 1.82) is 0 Å². The summed E-state index contributed by atoms with van der Waals surface area (Å²) >= 11 is 0. The molecule has 0 fully saturated rings. The first-order valence-corrected chi connectivity index (χ1v) is 5.29. The second-order valence-electron chi connectivity index (χ2n) is 3.93. The highest BCUT2D eigenvalue weighted by molar-refractivity contribution is 5.86. The van der Waals surface area contributed by atoms with E-state index in [0.29, 0.717) is 12.8 Å². The Morgan fingerprint density at radius 2 is 2.25 bits per heavy atom. The van der Waals surface area contributed by atoms with Gasteiger partial charge in [-0.05, 0) is 30.4 Å². The quantitative estimate of drug-likeness (QED) is 0.849. The van der Waals surface area contributed by atoms with E-state index in [0.717, 1.165) is 22.0 Å². The Labute approximate surface area is 94.3 Å². The van der Waals surface area contributed by atoms with Crippen molar-refractivity contribution >= 4 is 16.7 Å². The topological polar surface area (TPSA) is 56.0 Å². The fourth-order valence-corrected chi connectivity index (χ4v) is 1.81. The average Bonchev–Trinajstić information content (AvgIpc) is 2.26. The Balaban J connectivity index is 2.43. The first-order valence-electron chi connectivity index (χ1n) is 5.29. The number of hydrogen-bond donors (Lipinski definition) is 1. The van der Waals surface area contributed by atoms with Gasteiger partial charge in [-0.15, -0.1) is 0 Å². The van der Waals surface area contributed by atoms with Gasteiger partial charge in [0.1, 0.15) is 0 Å². The minimum atomic E-state index is -0.261. The van der Waals surface area contributed by atoms with Crippen LogP contribution in [0.4, 0.5) is 0 Å². The Hall–Kier alpha value is -1.90. The van der Waals surface area contributed by atoms with Crippen LogP contribution >= 0.6 is 0 Å². The number of fused-ring (bicyclic) bond motifs is 1. The molecule has 0 radical (unpaired) electrons. The molecule has 3 nitrogen and oxygen atoms in total. The fraction of sp³-hybridized carbons (Fsp3) is 0.231. The van der Waals surface area contributed by atoms with E-state index in [9.17, 15) is 4.79 Å². The maximum absolute atomic E-state index is 10.8. The number of aryl methyl sites for hydroxylation is 2. The lowest BCUT2D eigenvalue weighted by atomic mass is 10.0. The number of hydrogen-bond acceptors (Lipinski definition) is 2. The number of aromatic nitrogens is 1. The number of benzene rings is 1. The number of amides is 1. The highest BCUT2D eigenvalue weighted by atomic mass is 16.1. The molecule has 0 spiro atoms. The van der Waals surface area contributed by atoms with E-state index in [4.69, 9.17) is 5.73 Å². The van der Waals surface area contributed by atoms with Gasteiger partial charge in [0.25, 0.3) is 0 Å². The molecular weight excluding hydrogens is 200 g/mol. The van der Waals surface area contributed by atoms with Crippen molar-refractivity contribution in [3.05, 3.63) is 41.7 Å².